The highest BCUT2D eigenvalue weighted by atomic mass is 32.2. The predicted molar refractivity (Wildman–Crippen MR) is 371 cm³/mol. The Kier molecular flexibility index (Phi) is 39.8. The molecule has 538 valence electrons. The van der Waals surface area contributed by atoms with Crippen LogP contribution < -0.4 is 21.7 Å². The number of rotatable bonds is 42. The van der Waals surface area contributed by atoms with Crippen molar-refractivity contribution in [2.24, 2.45) is 47.2 Å². The Balaban J connectivity index is 7.78. The SMILES string of the molecule is C/C=C/C[C@@H](C)[C@@H](O)[C@@H](C(=O)N[C@@H](CC)C(=O)N(C)[C@H](SCCN(CC)CC)C(=O)N(C)C(C(=O)NC(C(=O)N(C)[C@@H](CC(C)C)C(=O)N[C@H](C)CO)C(C)C)C(C)CC)N(C)C(=O)[C@H](C(C)C)N(C)C(=O)[C@H](CC(C)C)N(C)C(=O)[C@H](CC(C)C)N(C)C(=O)[C@@H](C)N. The molecule has 0 rings (SSSR count). The molecular formula is C68H128N12O12S. The molecule has 0 fully saturated rings. The van der Waals surface area contributed by atoms with Crippen molar-refractivity contribution in [1.29, 1.82) is 0 Å². The van der Waals surface area contributed by atoms with Crippen molar-refractivity contribution in [2.45, 2.75) is 242 Å². The van der Waals surface area contributed by atoms with Crippen molar-refractivity contribution < 1.29 is 58.2 Å². The van der Waals surface area contributed by atoms with Crippen LogP contribution in [0.2, 0.25) is 0 Å². The smallest absolute Gasteiger partial charge is 0.256 e. The number of amides is 10. The average Bonchev–Trinajstić information content (AvgIpc) is 0.825. The first-order valence-electron chi connectivity index (χ1n) is 33.9. The number of likely N-dealkylation sites (N-methyl/N-ethyl adjacent to an activating group) is 7. The molecule has 0 aliphatic carbocycles. The summed E-state index contributed by atoms with van der Waals surface area (Å²) in [5.41, 5.74) is 5.99. The molecule has 7 N–H and O–H groups in total. The number of nitrogens with zero attached hydrogens (tertiary/aromatic N) is 8. The molecule has 24 nitrogen and oxygen atoms in total. The van der Waals surface area contributed by atoms with Crippen LogP contribution in [-0.2, 0) is 47.9 Å². The van der Waals surface area contributed by atoms with Crippen LogP contribution in [0.15, 0.2) is 12.2 Å². The number of nitrogens with two attached hydrogens (primary N) is 1. The maximum Gasteiger partial charge on any atom is 0.256 e. The molecule has 14 atom stereocenters. The van der Waals surface area contributed by atoms with Crippen LogP contribution in [0.5, 0.6) is 0 Å². The largest absolute Gasteiger partial charge is 0.394 e. The third-order valence-electron chi connectivity index (χ3n) is 17.7. The van der Waals surface area contributed by atoms with E-state index in [0.29, 0.717) is 38.0 Å². The molecule has 0 aromatic heterocycles. The topological polar surface area (TPSA) is 299 Å². The van der Waals surface area contributed by atoms with E-state index in [-0.39, 0.29) is 37.2 Å². The normalized spacial score (nSPS) is 16.5. The van der Waals surface area contributed by atoms with Crippen molar-refractivity contribution in [3.05, 3.63) is 12.2 Å². The summed E-state index contributed by atoms with van der Waals surface area (Å²) in [7, 11) is 10.3. The van der Waals surface area contributed by atoms with Gasteiger partial charge >= 0.3 is 0 Å². The maximum absolute atomic E-state index is 15.3. The lowest BCUT2D eigenvalue weighted by Crippen LogP contribution is -2.64. The van der Waals surface area contributed by atoms with Gasteiger partial charge in [-0.1, -0.05) is 129 Å². The predicted octanol–water partition coefficient (Wildman–Crippen LogP) is 4.49. The summed E-state index contributed by atoms with van der Waals surface area (Å²) >= 11 is 1.19. The van der Waals surface area contributed by atoms with Gasteiger partial charge in [0.05, 0.1) is 18.8 Å². The van der Waals surface area contributed by atoms with Crippen LogP contribution in [0.3, 0.4) is 0 Å². The van der Waals surface area contributed by atoms with Gasteiger partial charge in [0.15, 0.2) is 5.37 Å². The molecule has 0 aliphatic heterocycles. The Morgan fingerprint density at radius 1 is 0.484 bits per heavy atom. The Labute approximate surface area is 564 Å². The molecule has 10 amide bonds. The number of carbonyl (C=O) groups is 10. The highest BCUT2D eigenvalue weighted by molar-refractivity contribution is 8.00. The van der Waals surface area contributed by atoms with Crippen molar-refractivity contribution in [3.8, 4) is 0 Å². The monoisotopic (exact) mass is 1340 g/mol. The molecule has 0 bridgehead atoms. The zero-order valence-corrected chi connectivity index (χ0v) is 62.8. The second-order valence-electron chi connectivity index (χ2n) is 27.6. The number of hydrogen-bond acceptors (Lipinski definition) is 15. The van der Waals surface area contributed by atoms with E-state index in [9.17, 15) is 34.2 Å². The summed E-state index contributed by atoms with van der Waals surface area (Å²) in [5, 5.41) is 29.3. The zero-order chi connectivity index (χ0) is 72.4. The Morgan fingerprint density at radius 2 is 0.935 bits per heavy atom. The van der Waals surface area contributed by atoms with Gasteiger partial charge in [-0.2, -0.15) is 0 Å². The lowest BCUT2D eigenvalue weighted by molar-refractivity contribution is -0.157. The van der Waals surface area contributed by atoms with E-state index in [1.54, 1.807) is 54.5 Å². The molecule has 0 aliphatic rings. The Bertz CT molecular complexity index is 2410. The van der Waals surface area contributed by atoms with Crippen LogP contribution in [0.25, 0.3) is 0 Å². The van der Waals surface area contributed by atoms with Gasteiger partial charge in [0, 0.05) is 67.7 Å². The summed E-state index contributed by atoms with van der Waals surface area (Å²) in [6, 6.07) is -10.9. The number of thioether (sulfide) groups is 1. The second kappa shape index (κ2) is 42.2. The van der Waals surface area contributed by atoms with Crippen LogP contribution in [0.1, 0.15) is 170 Å². The summed E-state index contributed by atoms with van der Waals surface area (Å²) in [6.07, 6.45) is 3.64. The average molecular weight is 1340 g/mol. The van der Waals surface area contributed by atoms with Gasteiger partial charge in [-0.05, 0) is 107 Å². The highest BCUT2D eigenvalue weighted by Gasteiger charge is 2.46. The zero-order valence-electron chi connectivity index (χ0n) is 61.9. The van der Waals surface area contributed by atoms with E-state index >= 15 is 24.0 Å². The van der Waals surface area contributed by atoms with Crippen LogP contribution in [0, 0.1) is 41.4 Å². The minimum Gasteiger partial charge on any atom is -0.394 e. The molecule has 3 unspecified atom stereocenters. The van der Waals surface area contributed by atoms with E-state index in [4.69, 9.17) is 5.73 Å². The van der Waals surface area contributed by atoms with Gasteiger partial charge in [0.2, 0.25) is 53.2 Å². The van der Waals surface area contributed by atoms with Gasteiger partial charge in [-0.15, -0.1) is 11.8 Å². The summed E-state index contributed by atoms with van der Waals surface area (Å²) in [5.74, 6) is -7.80. The Hall–Kier alpha value is -5.37. The fourth-order valence-corrected chi connectivity index (χ4v) is 12.7. The molecule has 0 saturated carbocycles. The molecule has 0 radical (unpaired) electrons. The first-order valence-corrected chi connectivity index (χ1v) is 35.0. The fraction of sp³-hybridized carbons (Fsp3) is 0.824. The quantitative estimate of drug-likeness (QED) is 0.0363. The van der Waals surface area contributed by atoms with Gasteiger partial charge < -0.3 is 71.1 Å². The van der Waals surface area contributed by atoms with Crippen LogP contribution in [0.4, 0.5) is 0 Å². The molecule has 0 aromatic rings. The molecule has 0 spiro atoms. The lowest BCUT2D eigenvalue weighted by Gasteiger charge is -2.41. The van der Waals surface area contributed by atoms with Crippen LogP contribution >= 0.6 is 11.8 Å². The van der Waals surface area contributed by atoms with Gasteiger partial charge in [-0.3, -0.25) is 47.9 Å². The van der Waals surface area contributed by atoms with Crippen LogP contribution in [-0.4, -0.2) is 262 Å². The van der Waals surface area contributed by atoms with Crippen molar-refractivity contribution in [3.63, 3.8) is 0 Å². The van der Waals surface area contributed by atoms with E-state index in [0.717, 1.165) is 18.0 Å². The van der Waals surface area contributed by atoms with Gasteiger partial charge in [-0.25, -0.2) is 0 Å². The van der Waals surface area contributed by atoms with Gasteiger partial charge in [0.1, 0.15) is 48.3 Å². The van der Waals surface area contributed by atoms with Crippen molar-refractivity contribution >= 4 is 70.8 Å². The minimum atomic E-state index is -1.63. The molecule has 0 aromatic carbocycles. The molecule has 0 saturated heterocycles. The third kappa shape index (κ3) is 25.9. The van der Waals surface area contributed by atoms with E-state index in [1.165, 1.54) is 97.4 Å². The Morgan fingerprint density at radius 3 is 1.37 bits per heavy atom. The third-order valence-corrected chi connectivity index (χ3v) is 19.0. The first-order chi connectivity index (χ1) is 43.1. The maximum atomic E-state index is 15.3. The fourth-order valence-electron chi connectivity index (χ4n) is 11.5. The van der Waals surface area contributed by atoms with E-state index < -0.39 is 155 Å². The molecule has 0 heterocycles. The standard InChI is InChI=1S/C68H128N12O12S/c1-27-32-33-46(17)57(82)56(78(25)66(91)54(44(14)15)76(23)64(89)52(38-42(10)11)75(22)63(88)51(37-41(8)9)74(21)61(86)48(19)69)60(85)71-49(29-3)62(87)79(26)68(93-35-34-80(30-4)31-5)67(92)77(24)55(45(16)28-2)59(84)72-53(43(12)13)65(90)73(20)50(36-40(6)7)58(83)70-47(18)39-81/h27,32,40-57,68,81-82H,28-31,33-39,69H2,1-26H3,(H,70,83)(H,71,85)(H,72,84)/b32-27+/t45?,46-,47-,48-,49+,50+,51+,52+,53?,54+,55?,56+,57-,68-/m1/s1. The first kappa shape index (κ1) is 87.6. The second-order valence-corrected chi connectivity index (χ2v) is 28.8. The van der Waals surface area contributed by atoms with E-state index in [1.807, 2.05) is 82.2 Å². The summed E-state index contributed by atoms with van der Waals surface area (Å²) < 4.78 is 0. The molecule has 93 heavy (non-hydrogen) atoms. The number of carbonyl (C=O) groups excluding carboxylic acids is 10. The number of aliphatic hydroxyl groups is 2. The molecule has 25 heteroatoms. The summed E-state index contributed by atoms with van der Waals surface area (Å²) in [4.78, 5) is 158. The minimum absolute atomic E-state index is 0.000660. The number of hydrogen-bond donors (Lipinski definition) is 6. The van der Waals surface area contributed by atoms with E-state index in [2.05, 4.69) is 20.9 Å². The van der Waals surface area contributed by atoms with Gasteiger partial charge in [0.25, 0.3) is 5.91 Å². The van der Waals surface area contributed by atoms with Crippen molar-refractivity contribution in [2.75, 3.05) is 81.3 Å². The number of aliphatic hydroxyl groups excluding tert-OH is 2. The summed E-state index contributed by atoms with van der Waals surface area (Å²) in [6.45, 7) is 36.3. The molecular weight excluding hydrogens is 1210 g/mol. The number of allylic oxidation sites excluding steroid dienone is 2. The number of nitrogens with one attached hydrogen (secondary N) is 3. The van der Waals surface area contributed by atoms with Crippen molar-refractivity contribution in [1.82, 2.24) is 55.1 Å². The lowest BCUT2D eigenvalue weighted by atomic mass is 9.91. The highest BCUT2D eigenvalue weighted by Crippen LogP contribution is 2.27.